The van der Waals surface area contributed by atoms with E-state index in [1.54, 1.807) is 48.5 Å². The van der Waals surface area contributed by atoms with E-state index in [1.165, 1.54) is 7.11 Å². The molecule has 8 heteroatoms. The van der Waals surface area contributed by atoms with Crippen LogP contribution in [0.5, 0.6) is 5.75 Å². The topological polar surface area (TPSA) is 85.3 Å². The largest absolute Gasteiger partial charge is 0.497 e. The van der Waals surface area contributed by atoms with Crippen LogP contribution >= 0.6 is 15.9 Å². The molecule has 2 heterocycles. The number of benzene rings is 2. The van der Waals surface area contributed by atoms with Gasteiger partial charge in [-0.05, 0) is 48.5 Å². The zero-order valence-electron chi connectivity index (χ0n) is 14.1. The fraction of sp³-hybridized carbons (Fsp3) is 0.158. The van der Waals surface area contributed by atoms with Crippen molar-refractivity contribution in [1.29, 1.82) is 0 Å². The van der Waals surface area contributed by atoms with Gasteiger partial charge in [0.25, 0.3) is 5.91 Å². The molecular formula is C19H13BrN2O5. The molecule has 7 nitrogen and oxygen atoms in total. The van der Waals surface area contributed by atoms with Crippen molar-refractivity contribution in [3.05, 3.63) is 58.6 Å². The van der Waals surface area contributed by atoms with E-state index >= 15 is 0 Å². The summed E-state index contributed by atoms with van der Waals surface area (Å²) in [7, 11) is 1.52. The lowest BCUT2D eigenvalue weighted by molar-refractivity contribution is -0.126. The minimum Gasteiger partial charge on any atom is -0.497 e. The van der Waals surface area contributed by atoms with Crippen LogP contribution in [0.2, 0.25) is 0 Å². The van der Waals surface area contributed by atoms with Gasteiger partial charge in [-0.2, -0.15) is 0 Å². The second-order valence-electron chi connectivity index (χ2n) is 6.03. The van der Waals surface area contributed by atoms with E-state index in [9.17, 15) is 14.4 Å². The number of ether oxygens (including phenoxy) is 1. The molecule has 0 radical (unpaired) electrons. The van der Waals surface area contributed by atoms with E-state index < -0.39 is 29.6 Å². The second kappa shape index (κ2) is 6.62. The van der Waals surface area contributed by atoms with Crippen LogP contribution in [-0.2, 0) is 14.4 Å². The quantitative estimate of drug-likeness (QED) is 0.551. The molecule has 1 fully saturated rings. The SMILES string of the molecule is COc1ccc(C(=O)C2=NOC3C(=O)N(c4ccc(Br)cc4)C(=O)C23)cc1. The van der Waals surface area contributed by atoms with Crippen molar-refractivity contribution in [2.75, 3.05) is 12.0 Å². The van der Waals surface area contributed by atoms with Crippen LogP contribution in [0.3, 0.4) is 0 Å². The summed E-state index contributed by atoms with van der Waals surface area (Å²) in [6, 6.07) is 13.2. The predicted octanol–water partition coefficient (Wildman–Crippen LogP) is 2.58. The Morgan fingerprint density at radius 1 is 1.07 bits per heavy atom. The van der Waals surface area contributed by atoms with Gasteiger partial charge in [-0.1, -0.05) is 21.1 Å². The van der Waals surface area contributed by atoms with Gasteiger partial charge in [0.05, 0.1) is 12.8 Å². The summed E-state index contributed by atoms with van der Waals surface area (Å²) < 4.78 is 5.89. The average Bonchev–Trinajstić information content (AvgIpc) is 3.23. The molecule has 0 aromatic heterocycles. The van der Waals surface area contributed by atoms with Crippen molar-refractivity contribution < 1.29 is 24.0 Å². The van der Waals surface area contributed by atoms with Crippen LogP contribution in [0.4, 0.5) is 5.69 Å². The number of amides is 2. The average molecular weight is 429 g/mol. The molecule has 1 saturated heterocycles. The van der Waals surface area contributed by atoms with E-state index in [2.05, 4.69) is 21.1 Å². The first kappa shape index (κ1) is 17.4. The lowest BCUT2D eigenvalue weighted by Gasteiger charge is -2.15. The van der Waals surface area contributed by atoms with Crippen molar-refractivity contribution >= 4 is 44.9 Å². The number of fused-ring (bicyclic) bond motifs is 1. The Labute approximate surface area is 162 Å². The van der Waals surface area contributed by atoms with Crippen molar-refractivity contribution in [2.24, 2.45) is 11.1 Å². The number of oxime groups is 1. The molecule has 2 unspecified atom stereocenters. The van der Waals surface area contributed by atoms with E-state index in [0.29, 0.717) is 17.0 Å². The van der Waals surface area contributed by atoms with E-state index in [-0.39, 0.29) is 5.71 Å². The first-order valence-corrected chi connectivity index (χ1v) is 8.86. The summed E-state index contributed by atoms with van der Waals surface area (Å²) in [6.07, 6.45) is -1.11. The number of hydrogen-bond donors (Lipinski definition) is 0. The van der Waals surface area contributed by atoms with Crippen LogP contribution in [0.1, 0.15) is 10.4 Å². The molecule has 2 aromatic rings. The van der Waals surface area contributed by atoms with Gasteiger partial charge in [-0.15, -0.1) is 0 Å². The highest BCUT2D eigenvalue weighted by Gasteiger charge is 2.57. The first-order chi connectivity index (χ1) is 13.0. The summed E-state index contributed by atoms with van der Waals surface area (Å²) in [5.41, 5.74) is 0.687. The maximum atomic E-state index is 12.9. The highest BCUT2D eigenvalue weighted by molar-refractivity contribution is 9.10. The van der Waals surface area contributed by atoms with Gasteiger partial charge in [0.1, 0.15) is 17.4 Å². The monoisotopic (exact) mass is 428 g/mol. The maximum absolute atomic E-state index is 12.9. The normalized spacial score (nSPS) is 21.0. The van der Waals surface area contributed by atoms with Crippen LogP contribution in [0.15, 0.2) is 58.2 Å². The number of imide groups is 1. The van der Waals surface area contributed by atoms with Gasteiger partial charge in [-0.25, -0.2) is 4.90 Å². The van der Waals surface area contributed by atoms with Crippen LogP contribution in [0, 0.1) is 5.92 Å². The number of ketones is 1. The molecule has 27 heavy (non-hydrogen) atoms. The zero-order valence-corrected chi connectivity index (χ0v) is 15.7. The maximum Gasteiger partial charge on any atom is 0.278 e. The van der Waals surface area contributed by atoms with Crippen LogP contribution in [-0.4, -0.2) is 36.5 Å². The number of nitrogens with zero attached hydrogens (tertiary/aromatic N) is 2. The molecule has 2 aliphatic heterocycles. The molecule has 0 bridgehead atoms. The van der Waals surface area contributed by atoms with E-state index in [0.717, 1.165) is 9.37 Å². The lowest BCUT2D eigenvalue weighted by Crippen LogP contribution is -2.34. The Balaban J connectivity index is 1.63. The standard InChI is InChI=1S/C19H13BrN2O5/c1-26-13-8-2-10(3-9-13)16(23)15-14-17(27-21-15)19(25)22(18(14)24)12-6-4-11(20)5-7-12/h2-9,14,17H,1H3. The number of carbonyl (C=O) groups excluding carboxylic acids is 3. The molecular weight excluding hydrogens is 416 g/mol. The molecule has 2 aliphatic rings. The Morgan fingerprint density at radius 2 is 1.74 bits per heavy atom. The fourth-order valence-electron chi connectivity index (χ4n) is 3.10. The highest BCUT2D eigenvalue weighted by Crippen LogP contribution is 2.34. The van der Waals surface area contributed by atoms with E-state index in [4.69, 9.17) is 9.57 Å². The molecule has 0 N–H and O–H groups in total. The van der Waals surface area contributed by atoms with Gasteiger partial charge in [0, 0.05) is 10.0 Å². The van der Waals surface area contributed by atoms with Crippen molar-refractivity contribution in [1.82, 2.24) is 0 Å². The highest BCUT2D eigenvalue weighted by atomic mass is 79.9. The van der Waals surface area contributed by atoms with Gasteiger partial charge in [-0.3, -0.25) is 14.4 Å². The van der Waals surface area contributed by atoms with Crippen LogP contribution < -0.4 is 9.64 Å². The Bertz CT molecular complexity index is 969. The smallest absolute Gasteiger partial charge is 0.278 e. The third kappa shape index (κ3) is 2.82. The molecule has 4 rings (SSSR count). The number of methoxy groups -OCH3 is 1. The van der Waals surface area contributed by atoms with Gasteiger partial charge in [0.15, 0.2) is 0 Å². The van der Waals surface area contributed by atoms with E-state index in [1.807, 2.05) is 0 Å². The predicted molar refractivity (Wildman–Crippen MR) is 99.8 cm³/mol. The summed E-state index contributed by atoms with van der Waals surface area (Å²) in [4.78, 5) is 44.5. The Hall–Kier alpha value is -3.00. The fourth-order valence-corrected chi connectivity index (χ4v) is 3.37. The molecule has 2 aromatic carbocycles. The number of carbonyl (C=O) groups is 3. The number of hydrogen-bond acceptors (Lipinski definition) is 6. The molecule has 0 aliphatic carbocycles. The molecule has 2 amide bonds. The third-order valence-corrected chi connectivity index (χ3v) is 5.01. The summed E-state index contributed by atoms with van der Waals surface area (Å²) in [6.45, 7) is 0. The van der Waals surface area contributed by atoms with Crippen LogP contribution in [0.25, 0.3) is 0 Å². The van der Waals surface area contributed by atoms with Crippen molar-refractivity contribution in [3.63, 3.8) is 0 Å². The minimum absolute atomic E-state index is 0.0665. The third-order valence-electron chi connectivity index (χ3n) is 4.48. The zero-order chi connectivity index (χ0) is 19.1. The molecule has 0 saturated carbocycles. The minimum atomic E-state index is -1.11. The summed E-state index contributed by atoms with van der Waals surface area (Å²) >= 11 is 3.31. The molecule has 0 spiro atoms. The van der Waals surface area contributed by atoms with Gasteiger partial charge < -0.3 is 9.57 Å². The summed E-state index contributed by atoms with van der Waals surface area (Å²) in [5, 5.41) is 3.74. The Morgan fingerprint density at radius 3 is 2.37 bits per heavy atom. The summed E-state index contributed by atoms with van der Waals surface area (Å²) in [5.74, 6) is -1.96. The molecule has 136 valence electrons. The molecule has 2 atom stereocenters. The van der Waals surface area contributed by atoms with Gasteiger partial charge >= 0.3 is 0 Å². The number of Topliss-reactive ketones (excluding diaryl/α,β-unsaturated/α-hetero) is 1. The second-order valence-corrected chi connectivity index (χ2v) is 6.94. The van der Waals surface area contributed by atoms with Crippen molar-refractivity contribution in [3.8, 4) is 5.75 Å². The number of anilines is 1. The van der Waals surface area contributed by atoms with Gasteiger partial charge in [0.2, 0.25) is 17.8 Å². The lowest BCUT2D eigenvalue weighted by atomic mass is 9.93. The number of halogens is 1. The number of rotatable bonds is 4. The van der Waals surface area contributed by atoms with Crippen molar-refractivity contribution in [2.45, 2.75) is 6.10 Å². The Kier molecular flexibility index (Phi) is 4.27. The first-order valence-electron chi connectivity index (χ1n) is 8.07.